The first kappa shape index (κ1) is 33.9. The Hall–Kier alpha value is -3.14. The molecule has 1 aliphatic carbocycles. The van der Waals surface area contributed by atoms with Crippen LogP contribution in [0.25, 0.3) is 12.2 Å². The van der Waals surface area contributed by atoms with Crippen molar-refractivity contribution in [3.8, 4) is 5.75 Å². The van der Waals surface area contributed by atoms with Gasteiger partial charge < -0.3 is 10.1 Å². The SMILES string of the molecule is CC.CC.CC(=O)C(NC(=O)c1ccc2c(c1OCCc1ccccc1)=CC=CCC=2)C(C)C.CCC. The molecule has 1 atom stereocenters. The van der Waals surface area contributed by atoms with E-state index in [-0.39, 0.29) is 17.6 Å². The van der Waals surface area contributed by atoms with Gasteiger partial charge in [-0.25, -0.2) is 0 Å². The summed E-state index contributed by atoms with van der Waals surface area (Å²) in [6.45, 7) is 18.1. The number of amides is 1. The fourth-order valence-electron chi connectivity index (χ4n) is 3.61. The summed E-state index contributed by atoms with van der Waals surface area (Å²) < 4.78 is 6.19. The lowest BCUT2D eigenvalue weighted by Crippen LogP contribution is -2.44. The molecule has 4 heteroatoms. The number of Topliss-reactive ketones (excluding diaryl/α,β-unsaturated/α-hetero) is 1. The van der Waals surface area contributed by atoms with Gasteiger partial charge in [-0.2, -0.15) is 0 Å². The zero-order valence-corrected chi connectivity index (χ0v) is 24.6. The zero-order chi connectivity index (χ0) is 28.2. The highest BCUT2D eigenvalue weighted by molar-refractivity contribution is 5.99. The summed E-state index contributed by atoms with van der Waals surface area (Å²) in [6.07, 6.45) is 11.0. The van der Waals surface area contributed by atoms with Gasteiger partial charge in [0.1, 0.15) is 5.75 Å². The maximum absolute atomic E-state index is 13.1. The topological polar surface area (TPSA) is 55.4 Å². The van der Waals surface area contributed by atoms with Crippen LogP contribution in [0.5, 0.6) is 5.75 Å². The molecule has 204 valence electrons. The number of ether oxygens (including phenoxy) is 1. The minimum Gasteiger partial charge on any atom is -0.492 e. The molecule has 1 N–H and O–H groups in total. The van der Waals surface area contributed by atoms with Crippen molar-refractivity contribution in [2.75, 3.05) is 6.61 Å². The Kier molecular flexibility index (Phi) is 18.3. The largest absolute Gasteiger partial charge is 0.492 e. The molecule has 0 saturated carbocycles. The van der Waals surface area contributed by atoms with Gasteiger partial charge in [-0.1, -0.05) is 123 Å². The number of hydrogen-bond donors (Lipinski definition) is 1. The minimum atomic E-state index is -0.524. The van der Waals surface area contributed by atoms with Crippen molar-refractivity contribution in [2.45, 2.75) is 87.6 Å². The Balaban J connectivity index is 0.00000169. The van der Waals surface area contributed by atoms with Gasteiger partial charge in [-0.3, -0.25) is 9.59 Å². The summed E-state index contributed by atoms with van der Waals surface area (Å²) in [7, 11) is 0. The van der Waals surface area contributed by atoms with Crippen LogP contribution in [0.1, 0.15) is 91.1 Å². The molecule has 4 nitrogen and oxygen atoms in total. The van der Waals surface area contributed by atoms with E-state index in [1.54, 1.807) is 6.07 Å². The Morgan fingerprint density at radius 2 is 1.59 bits per heavy atom. The molecule has 0 aliphatic heterocycles. The molecule has 0 aromatic heterocycles. The predicted octanol–water partition coefficient (Wildman–Crippen LogP) is 6.64. The number of rotatable bonds is 8. The molecule has 0 spiro atoms. The molecule has 1 aliphatic rings. The molecule has 0 radical (unpaired) electrons. The molecule has 0 saturated heterocycles. The lowest BCUT2D eigenvalue weighted by Gasteiger charge is -2.20. The first-order chi connectivity index (χ1) is 17.9. The smallest absolute Gasteiger partial charge is 0.255 e. The summed E-state index contributed by atoms with van der Waals surface area (Å²) in [5, 5.41) is 4.83. The second kappa shape index (κ2) is 20.0. The predicted molar refractivity (Wildman–Crippen MR) is 159 cm³/mol. The summed E-state index contributed by atoms with van der Waals surface area (Å²) >= 11 is 0. The van der Waals surface area contributed by atoms with Crippen LogP contribution < -0.4 is 20.5 Å². The summed E-state index contributed by atoms with van der Waals surface area (Å²) in [6, 6.07) is 13.3. The first-order valence-electron chi connectivity index (χ1n) is 13.9. The molecule has 0 heterocycles. The summed E-state index contributed by atoms with van der Waals surface area (Å²) in [5.41, 5.74) is 1.63. The van der Waals surface area contributed by atoms with E-state index in [1.165, 1.54) is 18.9 Å². The van der Waals surface area contributed by atoms with Crippen LogP contribution in [0, 0.1) is 5.92 Å². The third kappa shape index (κ3) is 11.6. The number of fused-ring (bicyclic) bond motifs is 1. The van der Waals surface area contributed by atoms with E-state index in [4.69, 9.17) is 4.74 Å². The van der Waals surface area contributed by atoms with E-state index in [0.717, 1.165) is 23.3 Å². The van der Waals surface area contributed by atoms with Gasteiger partial charge in [0.15, 0.2) is 5.78 Å². The van der Waals surface area contributed by atoms with Gasteiger partial charge in [0.25, 0.3) is 5.91 Å². The number of hydrogen-bond acceptors (Lipinski definition) is 3. The van der Waals surface area contributed by atoms with Crippen molar-refractivity contribution in [1.29, 1.82) is 0 Å². The zero-order valence-electron chi connectivity index (χ0n) is 24.6. The van der Waals surface area contributed by atoms with Gasteiger partial charge in [0, 0.05) is 11.6 Å². The maximum Gasteiger partial charge on any atom is 0.255 e. The molecule has 1 unspecified atom stereocenters. The fraction of sp³-hybridized carbons (Fsp3) is 0.455. The normalized spacial score (nSPS) is 11.7. The van der Waals surface area contributed by atoms with Gasteiger partial charge >= 0.3 is 0 Å². The third-order valence-corrected chi connectivity index (χ3v) is 5.22. The van der Waals surface area contributed by atoms with Crippen LogP contribution in [0.2, 0.25) is 0 Å². The van der Waals surface area contributed by atoms with Crippen LogP contribution >= 0.6 is 0 Å². The molecule has 0 fully saturated rings. The van der Waals surface area contributed by atoms with Crippen molar-refractivity contribution in [2.24, 2.45) is 5.92 Å². The van der Waals surface area contributed by atoms with E-state index < -0.39 is 6.04 Å². The van der Waals surface area contributed by atoms with Crippen LogP contribution in [0.3, 0.4) is 0 Å². The molecule has 0 bridgehead atoms. The maximum atomic E-state index is 13.1. The fourth-order valence-corrected chi connectivity index (χ4v) is 3.61. The van der Waals surface area contributed by atoms with Gasteiger partial charge in [0.2, 0.25) is 0 Å². The minimum absolute atomic E-state index is 0.0116. The quantitative estimate of drug-likeness (QED) is 0.436. The second-order valence-electron chi connectivity index (χ2n) is 8.58. The Labute approximate surface area is 225 Å². The molecular formula is C33H49NO3. The van der Waals surface area contributed by atoms with E-state index in [1.807, 2.05) is 78.0 Å². The van der Waals surface area contributed by atoms with E-state index in [0.29, 0.717) is 17.9 Å². The van der Waals surface area contributed by atoms with Crippen molar-refractivity contribution >= 4 is 23.8 Å². The molecule has 2 aromatic carbocycles. The number of carbonyl (C=O) groups is 2. The number of nitrogens with one attached hydrogen (secondary N) is 1. The second-order valence-corrected chi connectivity index (χ2v) is 8.58. The number of carbonyl (C=O) groups excluding carboxylic acids is 2. The van der Waals surface area contributed by atoms with E-state index in [2.05, 4.69) is 43.4 Å². The Morgan fingerprint density at radius 3 is 2.16 bits per heavy atom. The van der Waals surface area contributed by atoms with Crippen LogP contribution in [-0.2, 0) is 11.2 Å². The van der Waals surface area contributed by atoms with Gasteiger partial charge in [-0.05, 0) is 36.1 Å². The lowest BCUT2D eigenvalue weighted by atomic mass is 10.00. The molecule has 3 rings (SSSR count). The van der Waals surface area contributed by atoms with Crippen molar-refractivity contribution in [1.82, 2.24) is 5.32 Å². The molecule has 37 heavy (non-hydrogen) atoms. The highest BCUT2D eigenvalue weighted by atomic mass is 16.5. The highest BCUT2D eigenvalue weighted by Crippen LogP contribution is 2.15. The van der Waals surface area contributed by atoms with Crippen LogP contribution in [-0.4, -0.2) is 24.3 Å². The lowest BCUT2D eigenvalue weighted by molar-refractivity contribution is -0.119. The van der Waals surface area contributed by atoms with Crippen LogP contribution in [0.15, 0.2) is 54.6 Å². The molecule has 2 aromatic rings. The van der Waals surface area contributed by atoms with E-state index in [9.17, 15) is 9.59 Å². The van der Waals surface area contributed by atoms with Crippen LogP contribution in [0.4, 0.5) is 0 Å². The molecular weight excluding hydrogens is 458 g/mol. The Bertz CT molecular complexity index is 1070. The summed E-state index contributed by atoms with van der Waals surface area (Å²) in [5.74, 6) is 0.234. The highest BCUT2D eigenvalue weighted by Gasteiger charge is 2.23. The first-order valence-corrected chi connectivity index (χ1v) is 13.9. The monoisotopic (exact) mass is 507 g/mol. The number of benzene rings is 2. The van der Waals surface area contributed by atoms with E-state index >= 15 is 0 Å². The molecule has 1 amide bonds. The van der Waals surface area contributed by atoms with Crippen molar-refractivity contribution < 1.29 is 14.3 Å². The average molecular weight is 508 g/mol. The van der Waals surface area contributed by atoms with Crippen molar-refractivity contribution in [3.05, 3.63) is 76.2 Å². The third-order valence-electron chi connectivity index (χ3n) is 5.22. The Morgan fingerprint density at radius 1 is 0.973 bits per heavy atom. The summed E-state index contributed by atoms with van der Waals surface area (Å²) in [4.78, 5) is 25.1. The van der Waals surface area contributed by atoms with Gasteiger partial charge in [-0.15, -0.1) is 0 Å². The van der Waals surface area contributed by atoms with Gasteiger partial charge in [0.05, 0.1) is 18.2 Å². The number of allylic oxidation sites excluding steroid dienone is 2. The average Bonchev–Trinajstić information content (AvgIpc) is 3.16. The standard InChI is InChI=1S/C26H29NO3.C3H8.2C2H6/c1-18(2)24(19(3)28)27-26(29)23-15-14-21-12-8-5-9-13-22(21)25(23)30-17-16-20-10-6-4-7-11-20;1-3-2;2*1-2/h4-7,9-15,18,24H,8,16-17H2,1-3H3,(H,27,29);3H2,1-2H3;2*1-2H3. The number of ketones is 1. The van der Waals surface area contributed by atoms with Crippen molar-refractivity contribution in [3.63, 3.8) is 0 Å².